The average Bonchev–Trinajstić information content (AvgIpc) is 2.35. The topological polar surface area (TPSA) is 29.5 Å². The summed E-state index contributed by atoms with van der Waals surface area (Å²) in [6.45, 7) is 20.8. The molecule has 120 valence electrons. The minimum Gasteiger partial charge on any atom is -0.443 e. The molecular weight excluding hydrogens is 250 g/mol. The normalized spacial score (nSPS) is 12.4. The lowest BCUT2D eigenvalue weighted by molar-refractivity contribution is 0.0340. The van der Waals surface area contributed by atoms with Crippen LogP contribution in [0.3, 0.4) is 0 Å². The van der Waals surface area contributed by atoms with E-state index in [9.17, 15) is 4.79 Å². The first-order chi connectivity index (χ1) is 9.03. The zero-order valence-corrected chi connectivity index (χ0v) is 15.3. The van der Waals surface area contributed by atoms with Gasteiger partial charge in [-0.2, -0.15) is 0 Å². The standard InChI is InChI=1S/C15H29NO2.C2H6/c1-9-15(7,8)12(3)11-16(10-2)13(17)18-14(4,5)6;1-2/h11H,9-10H2,1-8H3;1-2H3. The van der Waals surface area contributed by atoms with Crippen LogP contribution in [0, 0.1) is 5.41 Å². The molecular formula is C17H35NO2. The van der Waals surface area contributed by atoms with Crippen molar-refractivity contribution >= 4 is 6.09 Å². The van der Waals surface area contributed by atoms with Gasteiger partial charge >= 0.3 is 6.09 Å². The number of carbonyl (C=O) groups excluding carboxylic acids is 1. The van der Waals surface area contributed by atoms with Gasteiger partial charge in [0.1, 0.15) is 5.60 Å². The molecule has 0 spiro atoms. The first-order valence-electron chi connectivity index (χ1n) is 7.72. The Balaban J connectivity index is 0. The molecule has 20 heavy (non-hydrogen) atoms. The lowest BCUT2D eigenvalue weighted by atomic mass is 9.83. The average molecular weight is 285 g/mol. The van der Waals surface area contributed by atoms with Gasteiger partial charge in [0.25, 0.3) is 0 Å². The SMILES string of the molecule is CC.CCN(C=C(C)C(C)(C)CC)C(=O)OC(C)(C)C. The van der Waals surface area contributed by atoms with E-state index in [-0.39, 0.29) is 11.5 Å². The maximum atomic E-state index is 12.0. The molecule has 0 atom stereocenters. The number of rotatable bonds is 4. The fraction of sp³-hybridized carbons (Fsp3) is 0.824. The van der Waals surface area contributed by atoms with Gasteiger partial charge in [0.05, 0.1) is 0 Å². The molecule has 0 bridgehead atoms. The number of ether oxygens (including phenoxy) is 1. The van der Waals surface area contributed by atoms with Crippen LogP contribution in [0.1, 0.15) is 75.7 Å². The number of allylic oxidation sites excluding steroid dienone is 1. The molecule has 0 aromatic carbocycles. The molecule has 0 aromatic rings. The molecule has 0 radical (unpaired) electrons. The Morgan fingerprint density at radius 1 is 1.10 bits per heavy atom. The summed E-state index contributed by atoms with van der Waals surface area (Å²) in [6.07, 6.45) is 2.68. The summed E-state index contributed by atoms with van der Waals surface area (Å²) in [5.41, 5.74) is 0.847. The number of amides is 1. The molecule has 0 unspecified atom stereocenters. The van der Waals surface area contributed by atoms with E-state index < -0.39 is 5.60 Å². The number of nitrogens with zero attached hydrogens (tertiary/aromatic N) is 1. The summed E-state index contributed by atoms with van der Waals surface area (Å²) in [6, 6.07) is 0. The van der Waals surface area contributed by atoms with E-state index in [4.69, 9.17) is 4.74 Å². The molecule has 0 heterocycles. The number of carbonyl (C=O) groups is 1. The molecule has 3 nitrogen and oxygen atoms in total. The third kappa shape index (κ3) is 8.23. The Kier molecular flexibility index (Phi) is 9.63. The van der Waals surface area contributed by atoms with E-state index in [0.717, 1.165) is 6.42 Å². The molecule has 0 aromatic heterocycles. The third-order valence-corrected chi connectivity index (χ3v) is 3.27. The van der Waals surface area contributed by atoms with E-state index in [1.165, 1.54) is 5.57 Å². The highest BCUT2D eigenvalue weighted by Crippen LogP contribution is 2.29. The minimum atomic E-state index is -0.452. The Hall–Kier alpha value is -0.990. The Morgan fingerprint density at radius 3 is 1.85 bits per heavy atom. The molecule has 0 aliphatic carbocycles. The predicted octanol–water partition coefficient (Wildman–Crippen LogP) is 5.61. The molecule has 0 saturated carbocycles. The zero-order valence-electron chi connectivity index (χ0n) is 15.3. The van der Waals surface area contributed by atoms with Crippen LogP contribution in [-0.4, -0.2) is 23.1 Å². The van der Waals surface area contributed by atoms with E-state index in [1.807, 2.05) is 47.7 Å². The summed E-state index contributed by atoms with van der Waals surface area (Å²) in [4.78, 5) is 13.6. The van der Waals surface area contributed by atoms with Crippen molar-refractivity contribution in [3.8, 4) is 0 Å². The fourth-order valence-corrected chi connectivity index (χ4v) is 1.28. The fourth-order valence-electron chi connectivity index (χ4n) is 1.28. The first kappa shape index (κ1) is 21.3. The van der Waals surface area contributed by atoms with E-state index in [0.29, 0.717) is 6.54 Å². The summed E-state index contributed by atoms with van der Waals surface area (Å²) < 4.78 is 5.38. The van der Waals surface area contributed by atoms with Crippen LogP contribution >= 0.6 is 0 Å². The van der Waals surface area contributed by atoms with Crippen LogP contribution < -0.4 is 0 Å². The Bertz CT molecular complexity index is 311. The van der Waals surface area contributed by atoms with Gasteiger partial charge in [-0.15, -0.1) is 0 Å². The van der Waals surface area contributed by atoms with Crippen LogP contribution in [0.5, 0.6) is 0 Å². The second kappa shape index (κ2) is 9.04. The largest absolute Gasteiger partial charge is 0.443 e. The second-order valence-corrected chi connectivity index (χ2v) is 6.32. The smallest absolute Gasteiger partial charge is 0.414 e. The van der Waals surface area contributed by atoms with Crippen molar-refractivity contribution in [2.75, 3.05) is 6.54 Å². The predicted molar refractivity (Wildman–Crippen MR) is 87.8 cm³/mol. The van der Waals surface area contributed by atoms with Gasteiger partial charge in [0, 0.05) is 12.7 Å². The van der Waals surface area contributed by atoms with Crippen LogP contribution in [0.2, 0.25) is 0 Å². The Morgan fingerprint density at radius 2 is 1.55 bits per heavy atom. The van der Waals surface area contributed by atoms with Crippen LogP contribution in [-0.2, 0) is 4.74 Å². The van der Waals surface area contributed by atoms with Crippen molar-refractivity contribution < 1.29 is 9.53 Å². The van der Waals surface area contributed by atoms with Crippen molar-refractivity contribution in [3.63, 3.8) is 0 Å². The van der Waals surface area contributed by atoms with Gasteiger partial charge < -0.3 is 4.74 Å². The van der Waals surface area contributed by atoms with Gasteiger partial charge in [0.15, 0.2) is 0 Å². The van der Waals surface area contributed by atoms with Crippen molar-refractivity contribution in [2.24, 2.45) is 5.41 Å². The van der Waals surface area contributed by atoms with Gasteiger partial charge in [-0.1, -0.05) is 40.2 Å². The molecule has 0 saturated heterocycles. The van der Waals surface area contributed by atoms with Crippen LogP contribution in [0.25, 0.3) is 0 Å². The molecule has 0 rings (SSSR count). The summed E-state index contributed by atoms with van der Waals surface area (Å²) in [5.74, 6) is 0. The van der Waals surface area contributed by atoms with Gasteiger partial charge in [0.2, 0.25) is 0 Å². The molecule has 3 heteroatoms. The highest BCUT2D eigenvalue weighted by molar-refractivity contribution is 5.69. The molecule has 1 amide bonds. The minimum absolute atomic E-state index is 0.107. The lowest BCUT2D eigenvalue weighted by Gasteiger charge is -2.28. The molecule has 0 aliphatic rings. The Labute approximate surface area is 126 Å². The van der Waals surface area contributed by atoms with Crippen molar-refractivity contribution in [3.05, 3.63) is 11.8 Å². The summed E-state index contributed by atoms with van der Waals surface area (Å²) >= 11 is 0. The zero-order chi connectivity index (χ0) is 16.6. The number of hydrogen-bond acceptors (Lipinski definition) is 2. The van der Waals surface area contributed by atoms with E-state index >= 15 is 0 Å². The quantitative estimate of drug-likeness (QED) is 0.672. The van der Waals surface area contributed by atoms with E-state index in [2.05, 4.69) is 27.7 Å². The molecule has 0 aliphatic heterocycles. The first-order valence-corrected chi connectivity index (χ1v) is 7.72. The highest BCUT2D eigenvalue weighted by atomic mass is 16.6. The maximum absolute atomic E-state index is 12.0. The molecule has 0 fully saturated rings. The van der Waals surface area contributed by atoms with Gasteiger partial charge in [-0.25, -0.2) is 4.79 Å². The van der Waals surface area contributed by atoms with Crippen LogP contribution in [0.15, 0.2) is 11.8 Å². The van der Waals surface area contributed by atoms with Crippen molar-refractivity contribution in [1.82, 2.24) is 4.90 Å². The number of hydrogen-bond donors (Lipinski definition) is 0. The summed E-state index contributed by atoms with van der Waals surface area (Å²) in [5, 5.41) is 0. The van der Waals surface area contributed by atoms with Gasteiger partial charge in [-0.3, -0.25) is 4.90 Å². The van der Waals surface area contributed by atoms with Gasteiger partial charge in [-0.05, 0) is 46.5 Å². The molecule has 0 N–H and O–H groups in total. The van der Waals surface area contributed by atoms with Crippen molar-refractivity contribution in [1.29, 1.82) is 0 Å². The maximum Gasteiger partial charge on any atom is 0.414 e. The highest BCUT2D eigenvalue weighted by Gasteiger charge is 2.23. The lowest BCUT2D eigenvalue weighted by Crippen LogP contribution is -2.34. The monoisotopic (exact) mass is 285 g/mol. The van der Waals surface area contributed by atoms with E-state index in [1.54, 1.807) is 4.90 Å². The summed E-state index contributed by atoms with van der Waals surface area (Å²) in [7, 11) is 0. The van der Waals surface area contributed by atoms with Crippen molar-refractivity contribution in [2.45, 2.75) is 81.3 Å². The third-order valence-electron chi connectivity index (χ3n) is 3.27. The second-order valence-electron chi connectivity index (χ2n) is 6.32. The van der Waals surface area contributed by atoms with Crippen LogP contribution in [0.4, 0.5) is 4.79 Å².